The smallest absolute Gasteiger partial charge is 0.122 e. The van der Waals surface area contributed by atoms with E-state index in [1.165, 1.54) is 0 Å². The Kier molecular flexibility index (Phi) is 5.46. The second-order valence-electron chi connectivity index (χ2n) is 6.29. The molecule has 1 unspecified atom stereocenters. The van der Waals surface area contributed by atoms with Gasteiger partial charge in [0.1, 0.15) is 18.5 Å². The highest BCUT2D eigenvalue weighted by Gasteiger charge is 2.13. The van der Waals surface area contributed by atoms with Gasteiger partial charge in [-0.2, -0.15) is 5.10 Å². The highest BCUT2D eigenvalue weighted by Crippen LogP contribution is 2.26. The van der Waals surface area contributed by atoms with Gasteiger partial charge in [0, 0.05) is 24.2 Å². The summed E-state index contributed by atoms with van der Waals surface area (Å²) in [4.78, 5) is 4.03. The van der Waals surface area contributed by atoms with Gasteiger partial charge in [-0.3, -0.25) is 9.67 Å². The zero-order chi connectivity index (χ0) is 17.6. The number of nitrogens with zero attached hydrogens (tertiary/aromatic N) is 3. The van der Waals surface area contributed by atoms with Crippen LogP contribution in [0.1, 0.15) is 25.3 Å². The maximum atomic E-state index is 10.4. The summed E-state index contributed by atoms with van der Waals surface area (Å²) in [5.41, 5.74) is 3.11. The third-order valence-electron chi connectivity index (χ3n) is 4.05. The Balaban J connectivity index is 1.65. The summed E-state index contributed by atoms with van der Waals surface area (Å²) in [7, 11) is 0. The summed E-state index contributed by atoms with van der Waals surface area (Å²) in [6, 6.07) is 13.7. The van der Waals surface area contributed by atoms with E-state index < -0.39 is 6.10 Å². The number of hydrogen-bond acceptors (Lipinski definition) is 4. The van der Waals surface area contributed by atoms with Gasteiger partial charge in [0.25, 0.3) is 0 Å². The average molecular weight is 337 g/mol. The number of rotatable bonds is 7. The van der Waals surface area contributed by atoms with Gasteiger partial charge < -0.3 is 9.84 Å². The third-order valence-corrected chi connectivity index (χ3v) is 4.05. The molecule has 0 aliphatic heterocycles. The van der Waals surface area contributed by atoms with E-state index in [4.69, 9.17) is 4.74 Å². The van der Waals surface area contributed by atoms with E-state index in [1.807, 2.05) is 36.4 Å². The van der Waals surface area contributed by atoms with Crippen LogP contribution in [0.2, 0.25) is 0 Å². The minimum atomic E-state index is -0.652. The van der Waals surface area contributed by atoms with Crippen molar-refractivity contribution in [3.8, 4) is 17.0 Å². The molecule has 130 valence electrons. The fourth-order valence-corrected chi connectivity index (χ4v) is 2.77. The molecule has 0 fully saturated rings. The molecule has 1 aromatic carbocycles. The van der Waals surface area contributed by atoms with Crippen LogP contribution in [0.25, 0.3) is 11.3 Å². The van der Waals surface area contributed by atoms with Crippen LogP contribution in [0, 0.1) is 0 Å². The van der Waals surface area contributed by atoms with Gasteiger partial charge >= 0.3 is 0 Å². The van der Waals surface area contributed by atoms with Gasteiger partial charge in [-0.05, 0) is 35.7 Å². The normalized spacial score (nSPS) is 12.3. The molecule has 1 atom stereocenters. The third kappa shape index (κ3) is 4.25. The maximum Gasteiger partial charge on any atom is 0.122 e. The van der Waals surface area contributed by atoms with Crippen molar-refractivity contribution in [2.75, 3.05) is 6.61 Å². The van der Waals surface area contributed by atoms with E-state index in [2.05, 4.69) is 30.0 Å². The van der Waals surface area contributed by atoms with Crippen molar-refractivity contribution in [2.45, 2.75) is 32.4 Å². The second-order valence-corrected chi connectivity index (χ2v) is 6.29. The summed E-state index contributed by atoms with van der Waals surface area (Å²) in [6.07, 6.45) is 4.57. The molecular weight excluding hydrogens is 314 g/mol. The van der Waals surface area contributed by atoms with Gasteiger partial charge in [0.05, 0.1) is 12.2 Å². The van der Waals surface area contributed by atoms with Gasteiger partial charge in [0.2, 0.25) is 0 Å². The molecule has 5 heteroatoms. The molecule has 2 heterocycles. The first-order valence-corrected chi connectivity index (χ1v) is 8.47. The Morgan fingerprint density at radius 3 is 2.56 bits per heavy atom. The predicted molar refractivity (Wildman–Crippen MR) is 97.5 cm³/mol. The van der Waals surface area contributed by atoms with Crippen LogP contribution in [0.4, 0.5) is 0 Å². The van der Waals surface area contributed by atoms with E-state index >= 15 is 0 Å². The largest absolute Gasteiger partial charge is 0.491 e. The number of aromatic nitrogens is 3. The van der Waals surface area contributed by atoms with Crippen molar-refractivity contribution < 1.29 is 9.84 Å². The van der Waals surface area contributed by atoms with E-state index in [-0.39, 0.29) is 6.61 Å². The number of aliphatic hydroxyl groups is 1. The molecule has 0 aliphatic rings. The van der Waals surface area contributed by atoms with Gasteiger partial charge in [-0.25, -0.2) is 0 Å². The Morgan fingerprint density at radius 2 is 1.80 bits per heavy atom. The van der Waals surface area contributed by atoms with Crippen LogP contribution in [-0.2, 0) is 6.54 Å². The number of para-hydroxylation sites is 1. The number of ether oxygens (including phenoxy) is 1. The van der Waals surface area contributed by atoms with Gasteiger partial charge in [0.15, 0.2) is 0 Å². The highest BCUT2D eigenvalue weighted by atomic mass is 16.5. The van der Waals surface area contributed by atoms with E-state index in [0.29, 0.717) is 12.5 Å². The number of aliphatic hydroxyl groups excluding tert-OH is 1. The lowest BCUT2D eigenvalue weighted by molar-refractivity contribution is 0.0892. The van der Waals surface area contributed by atoms with Crippen molar-refractivity contribution in [1.82, 2.24) is 14.8 Å². The minimum Gasteiger partial charge on any atom is -0.491 e. The quantitative estimate of drug-likeness (QED) is 0.717. The molecule has 0 saturated carbocycles. The van der Waals surface area contributed by atoms with E-state index in [0.717, 1.165) is 22.6 Å². The second kappa shape index (κ2) is 7.94. The van der Waals surface area contributed by atoms with Gasteiger partial charge in [-0.15, -0.1) is 0 Å². The van der Waals surface area contributed by atoms with Crippen LogP contribution < -0.4 is 4.74 Å². The molecule has 0 aliphatic carbocycles. The van der Waals surface area contributed by atoms with Crippen molar-refractivity contribution in [3.05, 3.63) is 66.6 Å². The first-order valence-electron chi connectivity index (χ1n) is 8.47. The fourth-order valence-electron chi connectivity index (χ4n) is 2.77. The molecule has 0 bridgehead atoms. The summed E-state index contributed by atoms with van der Waals surface area (Å²) in [6.45, 7) is 4.85. The molecule has 0 amide bonds. The van der Waals surface area contributed by atoms with Crippen molar-refractivity contribution in [1.29, 1.82) is 0 Å². The van der Waals surface area contributed by atoms with Crippen LogP contribution in [0.3, 0.4) is 0 Å². The van der Waals surface area contributed by atoms with Crippen molar-refractivity contribution >= 4 is 0 Å². The summed E-state index contributed by atoms with van der Waals surface area (Å²) in [5.74, 6) is 1.20. The molecule has 25 heavy (non-hydrogen) atoms. The van der Waals surface area contributed by atoms with Crippen molar-refractivity contribution in [3.63, 3.8) is 0 Å². The predicted octanol–water partition coefficient (Wildman–Crippen LogP) is 3.51. The maximum absolute atomic E-state index is 10.4. The summed E-state index contributed by atoms with van der Waals surface area (Å²) < 4.78 is 7.64. The first-order chi connectivity index (χ1) is 12.1. The van der Waals surface area contributed by atoms with Crippen molar-refractivity contribution in [2.24, 2.45) is 0 Å². The molecule has 2 aromatic heterocycles. The lowest BCUT2D eigenvalue weighted by atomic mass is 10.0. The Bertz CT molecular complexity index is 799. The van der Waals surface area contributed by atoms with Crippen LogP contribution in [-0.4, -0.2) is 32.6 Å². The Morgan fingerprint density at radius 1 is 1.04 bits per heavy atom. The number of pyridine rings is 1. The summed E-state index contributed by atoms with van der Waals surface area (Å²) >= 11 is 0. The van der Waals surface area contributed by atoms with Crippen LogP contribution in [0.15, 0.2) is 61.1 Å². The average Bonchev–Trinajstić information content (AvgIpc) is 3.09. The molecule has 0 radical (unpaired) electrons. The van der Waals surface area contributed by atoms with Gasteiger partial charge in [-0.1, -0.05) is 32.0 Å². The highest BCUT2D eigenvalue weighted by molar-refractivity contribution is 5.58. The standard InChI is InChI=1S/C20H23N3O2/c1-15(2)18-5-3-4-6-20(18)25-14-17(24)13-23-19(9-12-22-23)16-7-10-21-11-8-16/h3-12,15,17,24H,13-14H2,1-2H3. The minimum absolute atomic E-state index is 0.222. The number of benzene rings is 1. The lowest BCUT2D eigenvalue weighted by Gasteiger charge is -2.17. The fraction of sp³-hybridized carbons (Fsp3) is 0.300. The zero-order valence-electron chi connectivity index (χ0n) is 14.5. The molecule has 0 saturated heterocycles. The monoisotopic (exact) mass is 337 g/mol. The van der Waals surface area contributed by atoms with Crippen LogP contribution >= 0.6 is 0 Å². The molecule has 3 rings (SSSR count). The topological polar surface area (TPSA) is 60.2 Å². The molecular formula is C20H23N3O2. The van der Waals surface area contributed by atoms with Crippen LogP contribution in [0.5, 0.6) is 5.75 Å². The Labute approximate surface area is 147 Å². The SMILES string of the molecule is CC(C)c1ccccc1OCC(O)Cn1nccc1-c1ccncc1. The zero-order valence-corrected chi connectivity index (χ0v) is 14.5. The number of hydrogen-bond donors (Lipinski definition) is 1. The lowest BCUT2D eigenvalue weighted by Crippen LogP contribution is -2.24. The summed E-state index contributed by atoms with van der Waals surface area (Å²) in [5, 5.41) is 14.7. The van der Waals surface area contributed by atoms with E-state index in [1.54, 1.807) is 23.3 Å². The molecule has 5 nitrogen and oxygen atoms in total. The molecule has 0 spiro atoms. The Hall–Kier alpha value is -2.66. The first kappa shape index (κ1) is 17.2. The molecule has 3 aromatic rings. The molecule has 1 N–H and O–H groups in total. The van der Waals surface area contributed by atoms with E-state index in [9.17, 15) is 5.11 Å².